The SMILES string of the molecule is O=S(=O)(c1ccc(OC(F)F)cc1)C1CC2(CNCCO2)CN1C1CCOCC1. The number of likely N-dealkylation sites (tertiary alicyclic amines) is 1. The van der Waals surface area contributed by atoms with Gasteiger partial charge in [0.05, 0.1) is 17.1 Å². The van der Waals surface area contributed by atoms with E-state index in [1.54, 1.807) is 0 Å². The molecule has 10 heteroatoms. The lowest BCUT2D eigenvalue weighted by molar-refractivity contribution is -0.0623. The Hall–Kier alpha value is -1.33. The van der Waals surface area contributed by atoms with Crippen molar-refractivity contribution in [1.29, 1.82) is 0 Å². The third-order valence-electron chi connectivity index (χ3n) is 5.92. The van der Waals surface area contributed by atoms with Crippen LogP contribution < -0.4 is 10.1 Å². The van der Waals surface area contributed by atoms with Gasteiger partial charge in [-0.15, -0.1) is 0 Å². The van der Waals surface area contributed by atoms with Crippen LogP contribution in [0.15, 0.2) is 29.2 Å². The maximum Gasteiger partial charge on any atom is 0.387 e. The molecule has 0 aromatic heterocycles. The Morgan fingerprint density at radius 2 is 1.90 bits per heavy atom. The van der Waals surface area contributed by atoms with Crippen molar-refractivity contribution in [2.75, 3.05) is 39.5 Å². The molecule has 3 aliphatic heterocycles. The fourth-order valence-electron chi connectivity index (χ4n) is 4.51. The highest BCUT2D eigenvalue weighted by Gasteiger charge is 2.52. The normalized spacial score (nSPS) is 29.6. The predicted octanol–water partition coefficient (Wildman–Crippen LogP) is 1.63. The maximum atomic E-state index is 13.5. The zero-order valence-corrected chi connectivity index (χ0v) is 16.9. The first-order chi connectivity index (χ1) is 13.9. The summed E-state index contributed by atoms with van der Waals surface area (Å²) in [6.45, 7) is 0.725. The van der Waals surface area contributed by atoms with Crippen LogP contribution in [0.4, 0.5) is 8.78 Å². The first-order valence-electron chi connectivity index (χ1n) is 9.87. The van der Waals surface area contributed by atoms with E-state index in [0.717, 1.165) is 19.4 Å². The molecule has 29 heavy (non-hydrogen) atoms. The van der Waals surface area contributed by atoms with Gasteiger partial charge in [0.2, 0.25) is 0 Å². The molecule has 3 heterocycles. The van der Waals surface area contributed by atoms with E-state index in [4.69, 9.17) is 9.47 Å². The van der Waals surface area contributed by atoms with Gasteiger partial charge in [0.1, 0.15) is 11.1 Å². The van der Waals surface area contributed by atoms with Crippen molar-refractivity contribution in [3.8, 4) is 5.75 Å². The zero-order chi connectivity index (χ0) is 20.5. The number of halogens is 2. The zero-order valence-electron chi connectivity index (χ0n) is 16.1. The Labute approximate surface area is 169 Å². The lowest BCUT2D eigenvalue weighted by Gasteiger charge is -2.37. The molecule has 0 radical (unpaired) electrons. The second-order valence-corrected chi connectivity index (χ2v) is 9.88. The van der Waals surface area contributed by atoms with E-state index in [0.29, 0.717) is 39.3 Å². The quantitative estimate of drug-likeness (QED) is 0.758. The molecule has 1 N–H and O–H groups in total. The summed E-state index contributed by atoms with van der Waals surface area (Å²) in [5.41, 5.74) is -0.535. The molecule has 3 saturated heterocycles. The van der Waals surface area contributed by atoms with Crippen LogP contribution in [0.1, 0.15) is 19.3 Å². The molecule has 0 amide bonds. The number of ether oxygens (including phenoxy) is 3. The van der Waals surface area contributed by atoms with Crippen molar-refractivity contribution >= 4 is 9.84 Å². The van der Waals surface area contributed by atoms with E-state index in [1.807, 2.05) is 0 Å². The molecule has 3 fully saturated rings. The van der Waals surface area contributed by atoms with E-state index in [2.05, 4.69) is 15.0 Å². The number of nitrogens with one attached hydrogen (secondary N) is 1. The highest BCUT2D eigenvalue weighted by Crippen LogP contribution is 2.39. The standard InChI is InChI=1S/C19H26F2N2O5S/c20-18(21)28-15-1-3-16(4-2-15)29(24,25)17-11-19(12-22-7-10-27-19)13-23(17)14-5-8-26-9-6-14/h1-4,14,17-18,22H,5-13H2. The van der Waals surface area contributed by atoms with Crippen LogP contribution in [-0.2, 0) is 19.3 Å². The summed E-state index contributed by atoms with van der Waals surface area (Å²) in [4.78, 5) is 2.15. The van der Waals surface area contributed by atoms with Crippen LogP contribution in [0, 0.1) is 0 Å². The van der Waals surface area contributed by atoms with Crippen molar-refractivity contribution in [1.82, 2.24) is 10.2 Å². The average Bonchev–Trinajstić information content (AvgIpc) is 3.09. The Morgan fingerprint density at radius 1 is 1.17 bits per heavy atom. The molecule has 2 atom stereocenters. The third kappa shape index (κ3) is 4.41. The summed E-state index contributed by atoms with van der Waals surface area (Å²) in [5.74, 6) is -0.0667. The number of nitrogens with zero attached hydrogens (tertiary/aromatic N) is 1. The molecule has 0 bridgehead atoms. The van der Waals surface area contributed by atoms with Crippen molar-refractivity contribution in [2.24, 2.45) is 0 Å². The van der Waals surface area contributed by atoms with Gasteiger partial charge < -0.3 is 19.5 Å². The van der Waals surface area contributed by atoms with Gasteiger partial charge in [0, 0.05) is 45.3 Å². The fraction of sp³-hybridized carbons (Fsp3) is 0.684. The van der Waals surface area contributed by atoms with Crippen molar-refractivity contribution in [2.45, 2.75) is 47.8 Å². The molecule has 1 spiro atoms. The molecule has 0 aliphatic carbocycles. The van der Waals surface area contributed by atoms with E-state index < -0.39 is 27.4 Å². The van der Waals surface area contributed by atoms with Gasteiger partial charge in [0.25, 0.3) is 0 Å². The molecule has 7 nitrogen and oxygen atoms in total. The van der Waals surface area contributed by atoms with E-state index in [9.17, 15) is 17.2 Å². The Balaban J connectivity index is 1.61. The van der Waals surface area contributed by atoms with Gasteiger partial charge in [-0.1, -0.05) is 0 Å². The minimum Gasteiger partial charge on any atom is -0.435 e. The van der Waals surface area contributed by atoms with Crippen molar-refractivity contribution in [3.05, 3.63) is 24.3 Å². The number of hydrogen-bond donors (Lipinski definition) is 1. The summed E-state index contributed by atoms with van der Waals surface area (Å²) < 4.78 is 67.6. The second kappa shape index (κ2) is 8.43. The fourth-order valence-corrected chi connectivity index (χ4v) is 6.47. The van der Waals surface area contributed by atoms with Gasteiger partial charge in [0.15, 0.2) is 9.84 Å². The van der Waals surface area contributed by atoms with E-state index in [1.165, 1.54) is 24.3 Å². The highest BCUT2D eigenvalue weighted by atomic mass is 32.2. The highest BCUT2D eigenvalue weighted by molar-refractivity contribution is 7.92. The minimum atomic E-state index is -3.72. The van der Waals surface area contributed by atoms with E-state index >= 15 is 0 Å². The molecular weight excluding hydrogens is 406 g/mol. The van der Waals surface area contributed by atoms with Crippen molar-refractivity contribution < 1.29 is 31.4 Å². The number of morpholine rings is 1. The van der Waals surface area contributed by atoms with Crippen LogP contribution in [0.3, 0.4) is 0 Å². The molecule has 3 aliphatic rings. The first kappa shape index (κ1) is 20.9. The molecule has 1 aromatic rings. The summed E-state index contributed by atoms with van der Waals surface area (Å²) in [5, 5.41) is 2.59. The Bertz CT molecular complexity index is 793. The summed E-state index contributed by atoms with van der Waals surface area (Å²) in [6, 6.07) is 5.30. The van der Waals surface area contributed by atoms with Gasteiger partial charge in [-0.05, 0) is 37.1 Å². The number of benzene rings is 1. The number of sulfone groups is 1. The number of hydrogen-bond acceptors (Lipinski definition) is 7. The lowest BCUT2D eigenvalue weighted by atomic mass is 10.0. The Morgan fingerprint density at radius 3 is 2.52 bits per heavy atom. The second-order valence-electron chi connectivity index (χ2n) is 7.78. The lowest BCUT2D eigenvalue weighted by Crippen LogP contribution is -2.52. The predicted molar refractivity (Wildman–Crippen MR) is 101 cm³/mol. The molecular formula is C19H26F2N2O5S. The van der Waals surface area contributed by atoms with Gasteiger partial charge >= 0.3 is 6.61 Å². The number of alkyl halides is 2. The van der Waals surface area contributed by atoms with Crippen LogP contribution in [0.2, 0.25) is 0 Å². The summed E-state index contributed by atoms with van der Waals surface area (Å²) in [6.07, 6.45) is 1.92. The first-order valence-corrected chi connectivity index (χ1v) is 11.4. The summed E-state index contributed by atoms with van der Waals surface area (Å²) >= 11 is 0. The monoisotopic (exact) mass is 432 g/mol. The average molecular weight is 432 g/mol. The molecule has 1 aromatic carbocycles. The molecule has 162 valence electrons. The molecule has 0 saturated carbocycles. The van der Waals surface area contributed by atoms with Gasteiger partial charge in [-0.25, -0.2) is 8.42 Å². The summed E-state index contributed by atoms with van der Waals surface area (Å²) in [7, 11) is -3.72. The molecule has 2 unspecified atom stereocenters. The minimum absolute atomic E-state index is 0.0667. The van der Waals surface area contributed by atoms with Crippen molar-refractivity contribution in [3.63, 3.8) is 0 Å². The Kier molecular flexibility index (Phi) is 6.08. The van der Waals surface area contributed by atoms with Gasteiger partial charge in [-0.3, -0.25) is 4.90 Å². The largest absolute Gasteiger partial charge is 0.435 e. The van der Waals surface area contributed by atoms with Crippen LogP contribution in [-0.4, -0.2) is 76.4 Å². The van der Waals surface area contributed by atoms with Gasteiger partial charge in [-0.2, -0.15) is 8.78 Å². The molecule has 4 rings (SSSR count). The van der Waals surface area contributed by atoms with Crippen LogP contribution in [0.25, 0.3) is 0 Å². The van der Waals surface area contributed by atoms with E-state index in [-0.39, 0.29) is 16.7 Å². The topological polar surface area (TPSA) is 77.1 Å². The maximum absolute atomic E-state index is 13.5. The smallest absolute Gasteiger partial charge is 0.387 e. The van der Waals surface area contributed by atoms with Crippen LogP contribution >= 0.6 is 0 Å². The number of rotatable bonds is 5. The third-order valence-corrected chi connectivity index (χ3v) is 8.00. The van der Waals surface area contributed by atoms with Crippen LogP contribution in [0.5, 0.6) is 5.75 Å².